The Hall–Kier alpha value is -1.13. The molecule has 0 radical (unpaired) electrons. The van der Waals surface area contributed by atoms with E-state index in [0.717, 1.165) is 43.3 Å². The van der Waals surface area contributed by atoms with Crippen LogP contribution in [0.3, 0.4) is 0 Å². The van der Waals surface area contributed by atoms with Crippen LogP contribution in [0, 0.1) is 5.92 Å². The lowest BCUT2D eigenvalue weighted by Crippen LogP contribution is -2.47. The zero-order valence-corrected chi connectivity index (χ0v) is 11.3. The molecule has 0 atom stereocenters. The third-order valence-corrected chi connectivity index (χ3v) is 3.39. The maximum absolute atomic E-state index is 9.36. The first-order valence-electron chi connectivity index (χ1n) is 6.71. The first-order valence-corrected chi connectivity index (χ1v) is 6.71. The van der Waals surface area contributed by atoms with Crippen LogP contribution in [0.5, 0.6) is 0 Å². The normalized spacial score (nSPS) is 17.4. The molecule has 0 saturated carbocycles. The minimum atomic E-state index is 0.0874. The fourth-order valence-electron chi connectivity index (χ4n) is 2.52. The standard InChI is InChI=1S/C14H23N3O/c1-12(2)10-16-5-7-17(8-6-16)14-9-15-4-3-13(14)11-18/h3-4,9,12,18H,5-8,10-11H2,1-2H3. The van der Waals surface area contributed by atoms with Crippen molar-refractivity contribution in [1.82, 2.24) is 9.88 Å². The summed E-state index contributed by atoms with van der Waals surface area (Å²) in [6.45, 7) is 10.0. The number of aliphatic hydroxyl groups is 1. The highest BCUT2D eigenvalue weighted by Crippen LogP contribution is 2.20. The average molecular weight is 249 g/mol. The van der Waals surface area contributed by atoms with Crippen molar-refractivity contribution in [2.75, 3.05) is 37.6 Å². The molecule has 1 aliphatic heterocycles. The van der Waals surface area contributed by atoms with Crippen molar-refractivity contribution in [3.63, 3.8) is 0 Å². The van der Waals surface area contributed by atoms with Gasteiger partial charge in [0.05, 0.1) is 18.5 Å². The summed E-state index contributed by atoms with van der Waals surface area (Å²) in [5.74, 6) is 0.725. The Morgan fingerprint density at radius 1 is 1.28 bits per heavy atom. The zero-order valence-electron chi connectivity index (χ0n) is 11.3. The van der Waals surface area contributed by atoms with Gasteiger partial charge in [0.1, 0.15) is 0 Å². The molecule has 0 bridgehead atoms. The number of pyridine rings is 1. The molecular formula is C14H23N3O. The molecule has 1 aromatic heterocycles. The van der Waals surface area contributed by atoms with Gasteiger partial charge in [-0.3, -0.25) is 9.88 Å². The Bertz CT molecular complexity index is 373. The van der Waals surface area contributed by atoms with Gasteiger partial charge in [0.25, 0.3) is 0 Å². The Kier molecular flexibility index (Phi) is 4.55. The fraction of sp³-hybridized carbons (Fsp3) is 0.643. The van der Waals surface area contributed by atoms with E-state index in [1.54, 1.807) is 6.20 Å². The van der Waals surface area contributed by atoms with Crippen LogP contribution in [-0.4, -0.2) is 47.7 Å². The van der Waals surface area contributed by atoms with Gasteiger partial charge in [-0.1, -0.05) is 13.8 Å². The number of aromatic nitrogens is 1. The highest BCUT2D eigenvalue weighted by atomic mass is 16.3. The Morgan fingerprint density at radius 2 is 2.00 bits per heavy atom. The molecule has 18 heavy (non-hydrogen) atoms. The van der Waals surface area contributed by atoms with Gasteiger partial charge in [0.2, 0.25) is 0 Å². The summed E-state index contributed by atoms with van der Waals surface area (Å²) < 4.78 is 0. The Labute approximate surface area is 109 Å². The predicted octanol–water partition coefficient (Wildman–Crippen LogP) is 1.35. The van der Waals surface area contributed by atoms with Crippen molar-refractivity contribution in [3.05, 3.63) is 24.0 Å². The first kappa shape index (κ1) is 13.3. The molecule has 1 aromatic rings. The van der Waals surface area contributed by atoms with Gasteiger partial charge in [-0.2, -0.15) is 0 Å². The number of piperazine rings is 1. The summed E-state index contributed by atoms with van der Waals surface area (Å²) >= 11 is 0. The average Bonchev–Trinajstić information content (AvgIpc) is 2.39. The van der Waals surface area contributed by atoms with E-state index in [0.29, 0.717) is 0 Å². The van der Waals surface area contributed by atoms with Gasteiger partial charge >= 0.3 is 0 Å². The van der Waals surface area contributed by atoms with Gasteiger partial charge in [-0.15, -0.1) is 0 Å². The quantitative estimate of drug-likeness (QED) is 0.874. The van der Waals surface area contributed by atoms with Gasteiger partial charge in [0.15, 0.2) is 0 Å². The molecule has 0 aromatic carbocycles. The zero-order chi connectivity index (χ0) is 13.0. The monoisotopic (exact) mass is 249 g/mol. The number of aliphatic hydroxyl groups excluding tert-OH is 1. The number of anilines is 1. The lowest BCUT2D eigenvalue weighted by molar-refractivity contribution is 0.230. The molecule has 0 aliphatic carbocycles. The molecule has 1 aliphatic rings. The second-order valence-electron chi connectivity index (χ2n) is 5.34. The Morgan fingerprint density at radius 3 is 2.61 bits per heavy atom. The molecule has 0 amide bonds. The fourth-order valence-corrected chi connectivity index (χ4v) is 2.52. The van der Waals surface area contributed by atoms with E-state index >= 15 is 0 Å². The molecule has 1 fully saturated rings. The first-order chi connectivity index (χ1) is 8.70. The van der Waals surface area contributed by atoms with Gasteiger partial charge in [-0.25, -0.2) is 0 Å². The topological polar surface area (TPSA) is 39.6 Å². The molecule has 4 heteroatoms. The van der Waals surface area contributed by atoms with Crippen LogP contribution in [-0.2, 0) is 6.61 Å². The van der Waals surface area contributed by atoms with Crippen LogP contribution in [0.15, 0.2) is 18.5 Å². The van der Waals surface area contributed by atoms with Crippen molar-refractivity contribution >= 4 is 5.69 Å². The van der Waals surface area contributed by atoms with E-state index in [1.807, 2.05) is 12.3 Å². The van der Waals surface area contributed by atoms with E-state index < -0.39 is 0 Å². The van der Waals surface area contributed by atoms with Crippen molar-refractivity contribution < 1.29 is 5.11 Å². The van der Waals surface area contributed by atoms with Crippen molar-refractivity contribution in [1.29, 1.82) is 0 Å². The van der Waals surface area contributed by atoms with Crippen LogP contribution in [0.25, 0.3) is 0 Å². The molecular weight excluding hydrogens is 226 g/mol. The lowest BCUT2D eigenvalue weighted by atomic mass is 10.1. The van der Waals surface area contributed by atoms with Crippen LogP contribution in [0.1, 0.15) is 19.4 Å². The molecule has 2 heterocycles. The second kappa shape index (κ2) is 6.16. The van der Waals surface area contributed by atoms with Crippen LogP contribution in [0.4, 0.5) is 5.69 Å². The van der Waals surface area contributed by atoms with Crippen molar-refractivity contribution in [2.24, 2.45) is 5.92 Å². The number of hydrogen-bond acceptors (Lipinski definition) is 4. The minimum absolute atomic E-state index is 0.0874. The van der Waals surface area contributed by atoms with Crippen LogP contribution in [0.2, 0.25) is 0 Å². The number of nitrogens with zero attached hydrogens (tertiary/aromatic N) is 3. The molecule has 0 unspecified atom stereocenters. The third kappa shape index (κ3) is 3.21. The summed E-state index contributed by atoms with van der Waals surface area (Å²) in [6, 6.07) is 1.90. The molecule has 2 rings (SSSR count). The van der Waals surface area contributed by atoms with Crippen LogP contribution >= 0.6 is 0 Å². The van der Waals surface area contributed by atoms with E-state index in [2.05, 4.69) is 28.6 Å². The van der Waals surface area contributed by atoms with Crippen molar-refractivity contribution in [3.8, 4) is 0 Å². The second-order valence-corrected chi connectivity index (χ2v) is 5.34. The summed E-state index contributed by atoms with van der Waals surface area (Å²) in [7, 11) is 0. The summed E-state index contributed by atoms with van der Waals surface area (Å²) in [6.07, 6.45) is 3.60. The van der Waals surface area contributed by atoms with Gasteiger partial charge < -0.3 is 10.0 Å². The molecule has 0 spiro atoms. The predicted molar refractivity (Wildman–Crippen MR) is 73.7 cm³/mol. The Balaban J connectivity index is 1.97. The van der Waals surface area contributed by atoms with E-state index in [9.17, 15) is 5.11 Å². The van der Waals surface area contributed by atoms with E-state index in [4.69, 9.17) is 0 Å². The molecule has 1 N–H and O–H groups in total. The highest BCUT2D eigenvalue weighted by Gasteiger charge is 2.19. The molecule has 1 saturated heterocycles. The SMILES string of the molecule is CC(C)CN1CCN(c2cnccc2CO)CC1. The number of hydrogen-bond donors (Lipinski definition) is 1. The third-order valence-electron chi connectivity index (χ3n) is 3.39. The largest absolute Gasteiger partial charge is 0.392 e. The van der Waals surface area contributed by atoms with E-state index in [1.165, 1.54) is 6.54 Å². The highest BCUT2D eigenvalue weighted by molar-refractivity contribution is 5.51. The van der Waals surface area contributed by atoms with E-state index in [-0.39, 0.29) is 6.61 Å². The molecule has 100 valence electrons. The maximum atomic E-state index is 9.36. The number of rotatable bonds is 4. The van der Waals surface area contributed by atoms with Crippen molar-refractivity contribution in [2.45, 2.75) is 20.5 Å². The summed E-state index contributed by atoms with van der Waals surface area (Å²) in [4.78, 5) is 9.01. The smallest absolute Gasteiger partial charge is 0.0703 e. The lowest BCUT2D eigenvalue weighted by Gasteiger charge is -2.37. The van der Waals surface area contributed by atoms with Crippen LogP contribution < -0.4 is 4.90 Å². The summed E-state index contributed by atoms with van der Waals surface area (Å²) in [5, 5.41) is 9.36. The summed E-state index contributed by atoms with van der Waals surface area (Å²) in [5.41, 5.74) is 2.06. The van der Waals surface area contributed by atoms with Gasteiger partial charge in [-0.05, 0) is 12.0 Å². The maximum Gasteiger partial charge on any atom is 0.0703 e. The minimum Gasteiger partial charge on any atom is -0.392 e. The molecule has 4 nitrogen and oxygen atoms in total. The van der Waals surface area contributed by atoms with Gasteiger partial charge in [0, 0.05) is 44.5 Å².